The summed E-state index contributed by atoms with van der Waals surface area (Å²) in [5.74, 6) is 2.72. The van der Waals surface area contributed by atoms with E-state index in [9.17, 15) is 8.42 Å². The minimum absolute atomic E-state index is 0.207. The molecule has 0 amide bonds. The largest absolute Gasteiger partial charge is 0.490 e. The van der Waals surface area contributed by atoms with Gasteiger partial charge in [-0.15, -0.1) is 0 Å². The third kappa shape index (κ3) is 6.54. The first-order valence-electron chi connectivity index (χ1n) is 14.9. The Bertz CT molecular complexity index is 1840. The summed E-state index contributed by atoms with van der Waals surface area (Å²) in [6, 6.07) is 24.7. The molecule has 2 aliphatic heterocycles. The van der Waals surface area contributed by atoms with Crippen molar-refractivity contribution in [2.75, 3.05) is 31.9 Å². The van der Waals surface area contributed by atoms with Gasteiger partial charge >= 0.3 is 0 Å². The van der Waals surface area contributed by atoms with Crippen molar-refractivity contribution in [2.45, 2.75) is 38.3 Å². The maximum absolute atomic E-state index is 13.5. The van der Waals surface area contributed by atoms with Crippen LogP contribution in [0.25, 0.3) is 0 Å². The Morgan fingerprint density at radius 3 is 2.56 bits per heavy atom. The van der Waals surface area contributed by atoms with Gasteiger partial charge < -0.3 is 24.3 Å². The van der Waals surface area contributed by atoms with Crippen molar-refractivity contribution >= 4 is 21.4 Å². The average Bonchev–Trinajstić information content (AvgIpc) is 3.51. The van der Waals surface area contributed by atoms with Crippen molar-refractivity contribution in [2.24, 2.45) is 5.10 Å². The molecule has 0 saturated heterocycles. The molecule has 0 radical (unpaired) electrons. The van der Waals surface area contributed by atoms with Crippen molar-refractivity contribution in [3.63, 3.8) is 0 Å². The molecule has 2 heterocycles. The molecule has 0 aliphatic carbocycles. The van der Waals surface area contributed by atoms with Crippen LogP contribution in [0.1, 0.15) is 47.8 Å². The molecule has 11 heteroatoms. The van der Waals surface area contributed by atoms with Crippen LogP contribution in [0.3, 0.4) is 0 Å². The first-order chi connectivity index (χ1) is 21.9. The summed E-state index contributed by atoms with van der Waals surface area (Å²) in [5, 5.41) is 8.17. The second-order valence-electron chi connectivity index (χ2n) is 10.6. The summed E-state index contributed by atoms with van der Waals surface area (Å²) in [6.07, 6.45) is 0.179. The van der Waals surface area contributed by atoms with E-state index >= 15 is 0 Å². The zero-order valence-electron chi connectivity index (χ0n) is 25.4. The van der Waals surface area contributed by atoms with Gasteiger partial charge in [0.05, 0.1) is 23.8 Å². The predicted molar refractivity (Wildman–Crippen MR) is 173 cm³/mol. The normalized spacial score (nSPS) is 15.1. The first kappa shape index (κ1) is 30.3. The number of benzene rings is 4. The van der Waals surface area contributed by atoms with Gasteiger partial charge in [-0.3, -0.25) is 5.43 Å². The van der Waals surface area contributed by atoms with Crippen LogP contribution < -0.4 is 34.4 Å². The fourth-order valence-corrected chi connectivity index (χ4v) is 6.70. The van der Waals surface area contributed by atoms with E-state index in [0.717, 1.165) is 22.4 Å². The lowest BCUT2D eigenvalue weighted by molar-refractivity contribution is 0.174. The number of ether oxygens (including phenoxy) is 4. The van der Waals surface area contributed by atoms with Gasteiger partial charge in [-0.1, -0.05) is 42.5 Å². The lowest BCUT2D eigenvalue weighted by atomic mass is 9.94. The van der Waals surface area contributed by atoms with Crippen LogP contribution in [0.5, 0.6) is 23.0 Å². The fraction of sp³-hybridized carbons (Fsp3) is 0.265. The Balaban J connectivity index is 1.19. The fourth-order valence-electron chi connectivity index (χ4n) is 5.40. The molecular formula is C34H36N4O6S. The summed E-state index contributed by atoms with van der Waals surface area (Å²) >= 11 is 0. The Morgan fingerprint density at radius 2 is 1.71 bits per heavy atom. The van der Waals surface area contributed by atoms with Gasteiger partial charge in [-0.05, 0) is 68.7 Å². The number of hydrogen-bond donors (Lipinski definition) is 3. The number of sulfonamides is 1. The molecule has 4 aromatic rings. The summed E-state index contributed by atoms with van der Waals surface area (Å²) in [6.45, 7) is 7.10. The quantitative estimate of drug-likeness (QED) is 0.188. The second-order valence-corrected chi connectivity index (χ2v) is 12.3. The number of hydrogen-bond acceptors (Lipinski definition) is 9. The molecule has 45 heavy (non-hydrogen) atoms. The van der Waals surface area contributed by atoms with Crippen LogP contribution in [0.2, 0.25) is 0 Å². The van der Waals surface area contributed by atoms with Gasteiger partial charge in [0.15, 0.2) is 23.0 Å². The van der Waals surface area contributed by atoms with Crippen LogP contribution in [-0.4, -0.2) is 40.7 Å². The molecule has 10 nitrogen and oxygen atoms in total. The highest BCUT2D eigenvalue weighted by molar-refractivity contribution is 7.89. The molecule has 0 spiro atoms. The van der Waals surface area contributed by atoms with Crippen molar-refractivity contribution in [3.05, 3.63) is 107 Å². The summed E-state index contributed by atoms with van der Waals surface area (Å²) in [4.78, 5) is 0.211. The van der Waals surface area contributed by atoms with Crippen molar-refractivity contribution in [3.8, 4) is 23.0 Å². The summed E-state index contributed by atoms with van der Waals surface area (Å²) < 4.78 is 52.1. The van der Waals surface area contributed by atoms with E-state index in [4.69, 9.17) is 24.0 Å². The van der Waals surface area contributed by atoms with Crippen LogP contribution in [0.4, 0.5) is 5.69 Å². The highest BCUT2D eigenvalue weighted by Gasteiger charge is 2.26. The van der Waals surface area contributed by atoms with Gasteiger partial charge in [0, 0.05) is 35.0 Å². The van der Waals surface area contributed by atoms with E-state index in [-0.39, 0.29) is 24.4 Å². The van der Waals surface area contributed by atoms with Crippen LogP contribution >= 0.6 is 0 Å². The molecule has 0 unspecified atom stereocenters. The van der Waals surface area contributed by atoms with Crippen molar-refractivity contribution in [1.29, 1.82) is 0 Å². The zero-order valence-corrected chi connectivity index (χ0v) is 26.2. The van der Waals surface area contributed by atoms with E-state index in [1.165, 1.54) is 0 Å². The third-order valence-electron chi connectivity index (χ3n) is 7.58. The number of nitrogens with zero attached hydrogens (tertiary/aromatic N) is 1. The lowest BCUT2D eigenvalue weighted by Gasteiger charge is -2.28. The van der Waals surface area contributed by atoms with Gasteiger partial charge in [0.25, 0.3) is 0 Å². The topological polar surface area (TPSA) is 120 Å². The third-order valence-corrected chi connectivity index (χ3v) is 9.18. The highest BCUT2D eigenvalue weighted by atomic mass is 32.2. The number of rotatable bonds is 12. The molecule has 6 rings (SSSR count). The Kier molecular flexibility index (Phi) is 8.81. The van der Waals surface area contributed by atoms with Crippen molar-refractivity contribution < 1.29 is 27.4 Å². The second kappa shape index (κ2) is 13.1. The SMILES string of the molecule is CCOc1ccc(CCNS(=O)(=O)c2cc(C3=NN[C@@H](Nc4ccc5c(c4)OCO5)c4ccccc43)ccc2C)cc1OCC. The van der Waals surface area contributed by atoms with Gasteiger partial charge in [0.2, 0.25) is 16.8 Å². The molecule has 2 aliphatic rings. The van der Waals surface area contributed by atoms with Gasteiger partial charge in [-0.2, -0.15) is 5.10 Å². The summed E-state index contributed by atoms with van der Waals surface area (Å²) in [5.41, 5.74) is 8.87. The monoisotopic (exact) mass is 628 g/mol. The molecule has 0 aromatic heterocycles. The smallest absolute Gasteiger partial charge is 0.240 e. The molecule has 0 saturated carbocycles. The molecule has 234 valence electrons. The lowest BCUT2D eigenvalue weighted by Crippen LogP contribution is -2.32. The Labute approximate surface area is 263 Å². The average molecular weight is 629 g/mol. The highest BCUT2D eigenvalue weighted by Crippen LogP contribution is 2.36. The Hall–Kier alpha value is -4.74. The van der Waals surface area contributed by atoms with E-state index in [2.05, 4.69) is 15.5 Å². The maximum Gasteiger partial charge on any atom is 0.240 e. The molecule has 3 N–H and O–H groups in total. The number of hydrazone groups is 1. The minimum Gasteiger partial charge on any atom is -0.490 e. The van der Waals surface area contributed by atoms with Gasteiger partial charge in [-0.25, -0.2) is 13.1 Å². The predicted octanol–water partition coefficient (Wildman–Crippen LogP) is 5.51. The summed E-state index contributed by atoms with van der Waals surface area (Å²) in [7, 11) is -3.81. The Morgan fingerprint density at radius 1 is 0.911 bits per heavy atom. The minimum atomic E-state index is -3.81. The molecule has 1 atom stereocenters. The van der Waals surface area contributed by atoms with Crippen molar-refractivity contribution in [1.82, 2.24) is 10.1 Å². The van der Waals surface area contributed by atoms with Crippen LogP contribution in [-0.2, 0) is 16.4 Å². The van der Waals surface area contributed by atoms with Gasteiger partial charge in [0.1, 0.15) is 6.17 Å². The maximum atomic E-state index is 13.5. The van der Waals surface area contributed by atoms with E-state index < -0.39 is 10.0 Å². The van der Waals surface area contributed by atoms with Crippen LogP contribution in [0.15, 0.2) is 88.9 Å². The molecule has 0 fully saturated rings. The number of aryl methyl sites for hydroxylation is 1. The first-order valence-corrected chi connectivity index (χ1v) is 16.4. The number of anilines is 1. The number of fused-ring (bicyclic) bond motifs is 2. The van der Waals surface area contributed by atoms with E-state index in [0.29, 0.717) is 59.5 Å². The number of nitrogens with one attached hydrogen (secondary N) is 3. The standard InChI is InChI=1S/C34H36N4O6S/c1-4-41-28-14-11-23(18-30(28)42-5-2)16-17-35-45(39,40)32-19-24(12-10-22(32)3)33-26-8-6-7-9-27(26)34(38-37-33)36-25-13-15-29-31(20-25)44-21-43-29/h6-15,18-20,34-36,38H,4-5,16-17,21H2,1-3H3/t34-/m1/s1. The molecular weight excluding hydrogens is 592 g/mol. The van der Waals surface area contributed by atoms with E-state index in [1.807, 2.05) is 86.6 Å². The van der Waals surface area contributed by atoms with Crippen LogP contribution in [0, 0.1) is 6.92 Å². The molecule has 4 aromatic carbocycles. The van der Waals surface area contributed by atoms with E-state index in [1.54, 1.807) is 13.0 Å². The molecule has 0 bridgehead atoms. The zero-order chi connectivity index (χ0) is 31.4.